The van der Waals surface area contributed by atoms with Gasteiger partial charge in [0, 0.05) is 35.8 Å². The lowest BCUT2D eigenvalue weighted by Crippen LogP contribution is -2.52. The molecule has 1 atom stereocenters. The number of likely N-dealkylation sites (N-methyl/N-ethyl adjacent to an activating group) is 1. The van der Waals surface area contributed by atoms with E-state index in [0.29, 0.717) is 29.2 Å². The third kappa shape index (κ3) is 3.26. The summed E-state index contributed by atoms with van der Waals surface area (Å²) in [4.78, 5) is 2.53. The van der Waals surface area contributed by atoms with Crippen LogP contribution in [0.1, 0.15) is 18.9 Å². The van der Waals surface area contributed by atoms with Crippen molar-refractivity contribution in [3.05, 3.63) is 22.2 Å². The van der Waals surface area contributed by atoms with Gasteiger partial charge in [0.25, 0.3) is 0 Å². The van der Waals surface area contributed by atoms with Gasteiger partial charge in [0.2, 0.25) is 10.0 Å². The highest BCUT2D eigenvalue weighted by molar-refractivity contribution is 9.10. The molecule has 2 rings (SSSR count). The second-order valence-electron chi connectivity index (χ2n) is 5.54. The highest BCUT2D eigenvalue weighted by Gasteiger charge is 2.33. The maximum Gasteiger partial charge on any atom is 0.243 e. The van der Waals surface area contributed by atoms with Gasteiger partial charge >= 0.3 is 0 Å². The van der Waals surface area contributed by atoms with Gasteiger partial charge in [-0.1, -0.05) is 6.92 Å². The van der Waals surface area contributed by atoms with Gasteiger partial charge in [-0.05, 0) is 54.0 Å². The van der Waals surface area contributed by atoms with E-state index < -0.39 is 10.0 Å². The summed E-state index contributed by atoms with van der Waals surface area (Å²) in [6.07, 6.45) is 0.935. The second-order valence-corrected chi connectivity index (χ2v) is 8.31. The SMILES string of the molecule is CCC1CN(S(=O)(=O)c2cc(N)c(Br)cc2C)CCN1C. The zero-order valence-corrected chi connectivity index (χ0v) is 15.0. The molecular weight excluding hydrogens is 354 g/mol. The van der Waals surface area contributed by atoms with Crippen LogP contribution in [0.5, 0.6) is 0 Å². The number of nitrogens with two attached hydrogens (primary N) is 1. The molecule has 1 fully saturated rings. The smallest absolute Gasteiger partial charge is 0.243 e. The molecule has 0 aromatic heterocycles. The van der Waals surface area contributed by atoms with Crippen LogP contribution in [-0.2, 0) is 10.0 Å². The summed E-state index contributed by atoms with van der Waals surface area (Å²) >= 11 is 3.33. The first-order valence-electron chi connectivity index (χ1n) is 7.03. The number of hydrogen-bond donors (Lipinski definition) is 1. The molecule has 1 heterocycles. The second kappa shape index (κ2) is 6.24. The van der Waals surface area contributed by atoms with Crippen molar-refractivity contribution < 1.29 is 8.42 Å². The molecule has 0 radical (unpaired) electrons. The molecule has 1 unspecified atom stereocenters. The number of benzene rings is 1. The molecule has 2 N–H and O–H groups in total. The van der Waals surface area contributed by atoms with Gasteiger partial charge in [-0.25, -0.2) is 8.42 Å². The molecule has 1 aliphatic rings. The summed E-state index contributed by atoms with van der Waals surface area (Å²) in [6.45, 7) is 5.68. The topological polar surface area (TPSA) is 66.6 Å². The largest absolute Gasteiger partial charge is 0.398 e. The van der Waals surface area contributed by atoms with E-state index in [4.69, 9.17) is 5.73 Å². The van der Waals surface area contributed by atoms with Crippen molar-refractivity contribution >= 4 is 31.6 Å². The van der Waals surface area contributed by atoms with Crippen LogP contribution in [0.2, 0.25) is 0 Å². The van der Waals surface area contributed by atoms with Gasteiger partial charge in [0.15, 0.2) is 0 Å². The van der Waals surface area contributed by atoms with E-state index in [1.54, 1.807) is 23.4 Å². The van der Waals surface area contributed by atoms with Crippen LogP contribution in [0.15, 0.2) is 21.5 Å². The van der Waals surface area contributed by atoms with Gasteiger partial charge in [0.1, 0.15) is 0 Å². The molecular formula is C14H22BrN3O2S. The molecule has 21 heavy (non-hydrogen) atoms. The molecule has 1 aliphatic heterocycles. The molecule has 7 heteroatoms. The Kier molecular flexibility index (Phi) is 4.97. The fourth-order valence-electron chi connectivity index (χ4n) is 2.66. The fourth-order valence-corrected chi connectivity index (χ4v) is 4.83. The zero-order chi connectivity index (χ0) is 15.8. The fraction of sp³-hybridized carbons (Fsp3) is 0.571. The normalized spacial score (nSPS) is 21.6. The number of hydrogen-bond acceptors (Lipinski definition) is 4. The number of nitrogens with zero attached hydrogens (tertiary/aromatic N) is 2. The molecule has 0 aliphatic carbocycles. The van der Waals surface area contributed by atoms with Gasteiger partial charge in [0.05, 0.1) is 4.90 Å². The van der Waals surface area contributed by atoms with Gasteiger partial charge < -0.3 is 10.6 Å². The van der Waals surface area contributed by atoms with E-state index in [0.717, 1.165) is 17.4 Å². The van der Waals surface area contributed by atoms with Crippen LogP contribution >= 0.6 is 15.9 Å². The Bertz CT molecular complexity index is 633. The van der Waals surface area contributed by atoms with Gasteiger partial charge in [-0.3, -0.25) is 0 Å². The first kappa shape index (κ1) is 16.7. The number of piperazine rings is 1. The van der Waals surface area contributed by atoms with E-state index >= 15 is 0 Å². The van der Waals surface area contributed by atoms with Crippen molar-refractivity contribution in [2.24, 2.45) is 0 Å². The number of rotatable bonds is 3. The third-order valence-electron chi connectivity index (χ3n) is 4.12. The summed E-state index contributed by atoms with van der Waals surface area (Å²) in [5, 5.41) is 0. The summed E-state index contributed by atoms with van der Waals surface area (Å²) in [5.74, 6) is 0. The standard InChI is InChI=1S/C14H22BrN3O2S/c1-4-11-9-18(6-5-17(11)3)21(19,20)14-8-13(16)12(15)7-10(14)2/h7-8,11H,4-6,9,16H2,1-3H3. The molecule has 0 bridgehead atoms. The molecule has 0 saturated carbocycles. The molecule has 0 spiro atoms. The predicted octanol–water partition coefficient (Wildman–Crippen LogP) is 2.05. The quantitative estimate of drug-likeness (QED) is 0.820. The lowest BCUT2D eigenvalue weighted by atomic mass is 10.1. The van der Waals surface area contributed by atoms with Crippen LogP contribution in [0.4, 0.5) is 5.69 Å². The summed E-state index contributed by atoms with van der Waals surface area (Å²) in [5.41, 5.74) is 7.01. The molecule has 5 nitrogen and oxygen atoms in total. The van der Waals surface area contributed by atoms with E-state index in [2.05, 4.69) is 27.8 Å². The van der Waals surface area contributed by atoms with Crippen molar-refractivity contribution in [1.29, 1.82) is 0 Å². The van der Waals surface area contributed by atoms with E-state index in [9.17, 15) is 8.42 Å². The molecule has 1 saturated heterocycles. The van der Waals surface area contributed by atoms with Gasteiger partial charge in [-0.15, -0.1) is 0 Å². The minimum absolute atomic E-state index is 0.265. The number of aryl methyl sites for hydroxylation is 1. The lowest BCUT2D eigenvalue weighted by Gasteiger charge is -2.38. The maximum absolute atomic E-state index is 12.9. The zero-order valence-electron chi connectivity index (χ0n) is 12.6. The van der Waals surface area contributed by atoms with E-state index in [-0.39, 0.29) is 6.04 Å². The van der Waals surface area contributed by atoms with Gasteiger partial charge in [-0.2, -0.15) is 4.31 Å². The van der Waals surface area contributed by atoms with Crippen LogP contribution in [0, 0.1) is 6.92 Å². The maximum atomic E-state index is 12.9. The highest BCUT2D eigenvalue weighted by Crippen LogP contribution is 2.29. The monoisotopic (exact) mass is 375 g/mol. The first-order valence-corrected chi connectivity index (χ1v) is 9.26. The Hall–Kier alpha value is -0.630. The van der Waals surface area contributed by atoms with E-state index in [1.165, 1.54) is 0 Å². The lowest BCUT2D eigenvalue weighted by molar-refractivity contribution is 0.144. The van der Waals surface area contributed by atoms with Crippen LogP contribution in [0.25, 0.3) is 0 Å². The Balaban J connectivity index is 2.37. The number of anilines is 1. The molecule has 1 aromatic carbocycles. The Labute approximate surface area is 135 Å². The average molecular weight is 376 g/mol. The van der Waals surface area contributed by atoms with Crippen molar-refractivity contribution in [3.63, 3.8) is 0 Å². The Morgan fingerprint density at radius 2 is 2.05 bits per heavy atom. The predicted molar refractivity (Wildman–Crippen MR) is 88.8 cm³/mol. The molecule has 118 valence electrons. The number of sulfonamides is 1. The number of halogens is 1. The summed E-state index contributed by atoms with van der Waals surface area (Å²) < 4.78 is 28.1. The van der Waals surface area contributed by atoms with Crippen molar-refractivity contribution in [1.82, 2.24) is 9.21 Å². The van der Waals surface area contributed by atoms with E-state index in [1.807, 2.05) is 7.05 Å². The summed E-state index contributed by atoms with van der Waals surface area (Å²) in [7, 11) is -1.45. The Morgan fingerprint density at radius 3 is 2.67 bits per heavy atom. The third-order valence-corrected chi connectivity index (χ3v) is 6.82. The highest BCUT2D eigenvalue weighted by atomic mass is 79.9. The van der Waals surface area contributed by atoms with Crippen molar-refractivity contribution in [3.8, 4) is 0 Å². The van der Waals surface area contributed by atoms with Crippen LogP contribution in [-0.4, -0.2) is 50.3 Å². The number of nitrogen functional groups attached to an aromatic ring is 1. The van der Waals surface area contributed by atoms with Crippen molar-refractivity contribution in [2.45, 2.75) is 31.2 Å². The molecule has 0 amide bonds. The minimum atomic E-state index is -3.49. The van der Waals surface area contributed by atoms with Crippen LogP contribution in [0.3, 0.4) is 0 Å². The van der Waals surface area contributed by atoms with Crippen LogP contribution < -0.4 is 5.73 Å². The van der Waals surface area contributed by atoms with Crippen molar-refractivity contribution in [2.75, 3.05) is 32.4 Å². The minimum Gasteiger partial charge on any atom is -0.398 e. The average Bonchev–Trinajstić information content (AvgIpc) is 2.43. The first-order chi connectivity index (χ1) is 9.77. The summed E-state index contributed by atoms with van der Waals surface area (Å²) in [6, 6.07) is 3.57. The Morgan fingerprint density at radius 1 is 1.38 bits per heavy atom. The molecule has 1 aromatic rings.